The van der Waals surface area contributed by atoms with Crippen molar-refractivity contribution in [2.75, 3.05) is 0 Å². The monoisotopic (exact) mass is 314 g/mol. The highest BCUT2D eigenvalue weighted by atomic mass is 16.3. The zero-order valence-electron chi connectivity index (χ0n) is 12.2. The summed E-state index contributed by atoms with van der Waals surface area (Å²) in [6.45, 7) is 0.197. The van der Waals surface area contributed by atoms with Crippen LogP contribution in [-0.2, 0) is 30.8 Å². The lowest BCUT2D eigenvalue weighted by Gasteiger charge is -2.10. The maximum Gasteiger partial charge on any atom is 0.331 e. The Morgan fingerprint density at radius 1 is 1.43 bits per heavy atom. The van der Waals surface area contributed by atoms with Crippen LogP contribution in [0.1, 0.15) is 23.4 Å². The van der Waals surface area contributed by atoms with E-state index in [0.717, 1.165) is 4.57 Å². The van der Waals surface area contributed by atoms with Crippen molar-refractivity contribution in [3.63, 3.8) is 0 Å². The fourth-order valence-corrected chi connectivity index (χ4v) is 2.69. The number of nitrogens with one attached hydrogen (secondary N) is 1. The summed E-state index contributed by atoms with van der Waals surface area (Å²) in [6, 6.07) is 5.24. The second-order valence-electron chi connectivity index (χ2n) is 5.22. The Hall–Kier alpha value is -3.08. The summed E-state index contributed by atoms with van der Waals surface area (Å²) in [5.41, 5.74) is -0.843. The van der Waals surface area contributed by atoms with Crippen LogP contribution in [0.2, 0.25) is 0 Å². The fraction of sp³-hybridized carbons (Fsp3) is 0.333. The van der Waals surface area contributed by atoms with Gasteiger partial charge < -0.3 is 9.73 Å². The minimum atomic E-state index is -0.709. The van der Waals surface area contributed by atoms with E-state index < -0.39 is 23.7 Å². The quantitative estimate of drug-likeness (QED) is 0.836. The van der Waals surface area contributed by atoms with E-state index in [1.165, 1.54) is 10.8 Å². The second kappa shape index (κ2) is 5.96. The first-order valence-corrected chi connectivity index (χ1v) is 7.17. The second-order valence-corrected chi connectivity index (χ2v) is 5.22. The third-order valence-corrected chi connectivity index (χ3v) is 3.78. The first-order chi connectivity index (χ1) is 11.1. The third-order valence-electron chi connectivity index (χ3n) is 3.78. The SMILES string of the molecule is N#Cc1c2n(c(=O)n(CC(=O)NCc3ccco3)c1=O)CCC2. The van der Waals surface area contributed by atoms with Crippen molar-refractivity contribution in [1.29, 1.82) is 5.26 Å². The summed E-state index contributed by atoms with van der Waals surface area (Å²) in [7, 11) is 0. The minimum Gasteiger partial charge on any atom is -0.467 e. The van der Waals surface area contributed by atoms with E-state index >= 15 is 0 Å². The Morgan fingerprint density at radius 2 is 2.26 bits per heavy atom. The molecule has 2 aromatic heterocycles. The van der Waals surface area contributed by atoms with Gasteiger partial charge in [-0.3, -0.25) is 14.2 Å². The Kier molecular flexibility index (Phi) is 3.85. The number of hydrogen-bond acceptors (Lipinski definition) is 5. The van der Waals surface area contributed by atoms with Crippen LogP contribution in [0.5, 0.6) is 0 Å². The molecule has 0 saturated carbocycles. The number of rotatable bonds is 4. The normalized spacial score (nSPS) is 12.7. The zero-order valence-corrected chi connectivity index (χ0v) is 12.2. The van der Waals surface area contributed by atoms with E-state index in [4.69, 9.17) is 9.68 Å². The number of nitriles is 1. The molecule has 0 bridgehead atoms. The lowest BCUT2D eigenvalue weighted by molar-refractivity contribution is -0.122. The molecule has 2 aromatic rings. The number of carbonyl (C=O) groups is 1. The standard InChI is InChI=1S/C15H14N4O4/c16-7-11-12-4-1-5-18(12)15(22)19(14(11)21)9-13(20)17-8-10-3-2-6-23-10/h2-3,6H,1,4-5,8-9H2,(H,17,20). The van der Waals surface area contributed by atoms with Crippen LogP contribution in [0.4, 0.5) is 0 Å². The summed E-state index contributed by atoms with van der Waals surface area (Å²) in [5.74, 6) is 0.0668. The molecule has 118 valence electrons. The number of hydrogen-bond donors (Lipinski definition) is 1. The molecule has 0 unspecified atom stereocenters. The summed E-state index contributed by atoms with van der Waals surface area (Å²) < 4.78 is 7.30. The van der Waals surface area contributed by atoms with Crippen LogP contribution in [0.3, 0.4) is 0 Å². The van der Waals surface area contributed by atoms with Crippen LogP contribution in [0.15, 0.2) is 32.4 Å². The van der Waals surface area contributed by atoms with Crippen molar-refractivity contribution in [3.8, 4) is 6.07 Å². The Labute approximate surface area is 130 Å². The Balaban J connectivity index is 1.86. The van der Waals surface area contributed by atoms with Gasteiger partial charge in [-0.15, -0.1) is 0 Å². The zero-order chi connectivity index (χ0) is 16.4. The van der Waals surface area contributed by atoms with Gasteiger partial charge in [-0.25, -0.2) is 9.36 Å². The molecule has 0 aromatic carbocycles. The molecule has 0 aliphatic carbocycles. The lowest BCUT2D eigenvalue weighted by Crippen LogP contribution is -2.45. The van der Waals surface area contributed by atoms with Gasteiger partial charge in [0.05, 0.1) is 12.8 Å². The number of amides is 1. The third kappa shape index (κ3) is 2.68. The average molecular weight is 314 g/mol. The molecular weight excluding hydrogens is 300 g/mol. The van der Waals surface area contributed by atoms with Crippen LogP contribution in [0, 0.1) is 11.3 Å². The number of fused-ring (bicyclic) bond motifs is 1. The van der Waals surface area contributed by atoms with Gasteiger partial charge in [0.1, 0.15) is 23.9 Å². The van der Waals surface area contributed by atoms with Crippen LogP contribution in [-0.4, -0.2) is 15.0 Å². The van der Waals surface area contributed by atoms with E-state index in [-0.39, 0.29) is 12.1 Å². The molecule has 1 amide bonds. The average Bonchev–Trinajstić information content (AvgIpc) is 3.21. The van der Waals surface area contributed by atoms with Crippen molar-refractivity contribution < 1.29 is 9.21 Å². The number of aromatic nitrogens is 2. The highest BCUT2D eigenvalue weighted by molar-refractivity contribution is 5.75. The molecule has 8 heteroatoms. The fourth-order valence-electron chi connectivity index (χ4n) is 2.69. The van der Waals surface area contributed by atoms with Gasteiger partial charge in [-0.2, -0.15) is 5.26 Å². The molecule has 8 nitrogen and oxygen atoms in total. The van der Waals surface area contributed by atoms with E-state index in [1.807, 2.05) is 6.07 Å². The van der Waals surface area contributed by atoms with Gasteiger partial charge in [0.25, 0.3) is 5.56 Å². The smallest absolute Gasteiger partial charge is 0.331 e. The van der Waals surface area contributed by atoms with Crippen molar-refractivity contribution in [2.45, 2.75) is 32.5 Å². The molecule has 0 atom stereocenters. The molecule has 1 aliphatic rings. The summed E-state index contributed by atoms with van der Waals surface area (Å²) in [5, 5.41) is 11.7. The van der Waals surface area contributed by atoms with Crippen molar-refractivity contribution in [3.05, 3.63) is 56.3 Å². The molecule has 0 fully saturated rings. The maximum atomic E-state index is 12.3. The van der Waals surface area contributed by atoms with Crippen LogP contribution >= 0.6 is 0 Å². The predicted molar refractivity (Wildman–Crippen MR) is 78.6 cm³/mol. The molecule has 0 radical (unpaired) electrons. The Morgan fingerprint density at radius 3 is 2.96 bits per heavy atom. The Bertz CT molecular complexity index is 899. The molecule has 1 N–H and O–H groups in total. The van der Waals surface area contributed by atoms with Gasteiger partial charge in [0.15, 0.2) is 0 Å². The molecule has 3 rings (SSSR count). The highest BCUT2D eigenvalue weighted by Gasteiger charge is 2.23. The lowest BCUT2D eigenvalue weighted by atomic mass is 10.2. The first-order valence-electron chi connectivity index (χ1n) is 7.17. The summed E-state index contributed by atoms with van der Waals surface area (Å²) in [6.07, 6.45) is 2.72. The van der Waals surface area contributed by atoms with Gasteiger partial charge in [0.2, 0.25) is 5.91 Å². The molecule has 1 aliphatic heterocycles. The van der Waals surface area contributed by atoms with Crippen LogP contribution < -0.4 is 16.6 Å². The number of nitrogens with zero attached hydrogens (tertiary/aromatic N) is 3. The van der Waals surface area contributed by atoms with Gasteiger partial charge in [-0.05, 0) is 25.0 Å². The molecule has 0 saturated heterocycles. The van der Waals surface area contributed by atoms with Gasteiger partial charge in [0, 0.05) is 12.2 Å². The first kappa shape index (κ1) is 14.8. The predicted octanol–water partition coefficient (Wildman–Crippen LogP) is -0.263. The van der Waals surface area contributed by atoms with Crippen molar-refractivity contribution >= 4 is 5.91 Å². The molecular formula is C15H14N4O4. The summed E-state index contributed by atoms with van der Waals surface area (Å²) >= 11 is 0. The number of carbonyl (C=O) groups excluding carboxylic acids is 1. The summed E-state index contributed by atoms with van der Waals surface area (Å²) in [4.78, 5) is 36.6. The molecule has 23 heavy (non-hydrogen) atoms. The van der Waals surface area contributed by atoms with E-state index in [9.17, 15) is 14.4 Å². The van der Waals surface area contributed by atoms with Crippen LogP contribution in [0.25, 0.3) is 0 Å². The topological polar surface area (TPSA) is 110 Å². The molecule has 3 heterocycles. The minimum absolute atomic E-state index is 0.0547. The van der Waals surface area contributed by atoms with Crippen molar-refractivity contribution in [1.82, 2.24) is 14.5 Å². The highest BCUT2D eigenvalue weighted by Crippen LogP contribution is 2.12. The molecule has 0 spiro atoms. The van der Waals surface area contributed by atoms with E-state index in [2.05, 4.69) is 5.32 Å². The van der Waals surface area contributed by atoms with E-state index in [1.54, 1.807) is 12.1 Å². The van der Waals surface area contributed by atoms with Crippen molar-refractivity contribution in [2.24, 2.45) is 0 Å². The largest absolute Gasteiger partial charge is 0.467 e. The van der Waals surface area contributed by atoms with E-state index in [0.29, 0.717) is 30.8 Å². The maximum absolute atomic E-state index is 12.3. The number of furan rings is 1. The van der Waals surface area contributed by atoms with Gasteiger partial charge >= 0.3 is 5.69 Å². The van der Waals surface area contributed by atoms with Gasteiger partial charge in [-0.1, -0.05) is 0 Å².